The number of aliphatic hydroxyl groups is 1. The molecule has 0 radical (unpaired) electrons. The molecule has 1 amide bonds. The molecule has 112 valence electrons. The SMILES string of the molecule is CCCCN(CCO)c1snc(N)c1C(=O)NC1CC1. The van der Waals surface area contributed by atoms with Crippen LogP contribution in [0.15, 0.2) is 0 Å². The molecular formula is C13H22N4O2S. The molecule has 20 heavy (non-hydrogen) atoms. The molecule has 0 bridgehead atoms. The molecule has 1 fully saturated rings. The Balaban J connectivity index is 2.17. The Bertz CT molecular complexity index is 459. The van der Waals surface area contributed by atoms with Crippen molar-refractivity contribution in [2.24, 2.45) is 0 Å². The number of aliphatic hydroxyl groups excluding tert-OH is 1. The predicted molar refractivity (Wildman–Crippen MR) is 81.2 cm³/mol. The summed E-state index contributed by atoms with van der Waals surface area (Å²) in [5.41, 5.74) is 6.31. The van der Waals surface area contributed by atoms with Crippen LogP contribution in [0.25, 0.3) is 0 Å². The van der Waals surface area contributed by atoms with Crippen molar-refractivity contribution in [1.82, 2.24) is 9.69 Å². The Kier molecular flexibility index (Phi) is 5.19. The zero-order valence-corrected chi connectivity index (χ0v) is 12.6. The van der Waals surface area contributed by atoms with Gasteiger partial charge in [-0.2, -0.15) is 4.37 Å². The molecule has 1 aliphatic carbocycles. The van der Waals surface area contributed by atoms with Crippen LogP contribution in [0.3, 0.4) is 0 Å². The summed E-state index contributed by atoms with van der Waals surface area (Å²) in [6.07, 6.45) is 4.13. The molecule has 1 heterocycles. The number of rotatable bonds is 8. The van der Waals surface area contributed by atoms with Gasteiger partial charge in [-0.05, 0) is 30.8 Å². The quantitative estimate of drug-likeness (QED) is 0.671. The van der Waals surface area contributed by atoms with Gasteiger partial charge in [-0.1, -0.05) is 13.3 Å². The number of nitrogens with zero attached hydrogens (tertiary/aromatic N) is 2. The van der Waals surface area contributed by atoms with Crippen LogP contribution in [0.5, 0.6) is 0 Å². The highest BCUT2D eigenvalue weighted by atomic mass is 32.1. The van der Waals surface area contributed by atoms with E-state index in [4.69, 9.17) is 5.73 Å². The Morgan fingerprint density at radius 1 is 1.55 bits per heavy atom. The van der Waals surface area contributed by atoms with E-state index in [2.05, 4.69) is 16.6 Å². The Morgan fingerprint density at radius 2 is 2.30 bits per heavy atom. The fourth-order valence-electron chi connectivity index (χ4n) is 1.99. The van der Waals surface area contributed by atoms with Gasteiger partial charge in [0.25, 0.3) is 5.91 Å². The average molecular weight is 298 g/mol. The maximum atomic E-state index is 12.3. The van der Waals surface area contributed by atoms with Crippen molar-refractivity contribution in [2.45, 2.75) is 38.6 Å². The zero-order valence-electron chi connectivity index (χ0n) is 11.8. The third kappa shape index (κ3) is 3.61. The van der Waals surface area contributed by atoms with Crippen molar-refractivity contribution in [3.8, 4) is 0 Å². The molecule has 1 aliphatic rings. The molecular weight excluding hydrogens is 276 g/mol. The van der Waals surface area contributed by atoms with Crippen LogP contribution >= 0.6 is 11.5 Å². The van der Waals surface area contributed by atoms with E-state index in [-0.39, 0.29) is 24.4 Å². The molecule has 0 aromatic carbocycles. The van der Waals surface area contributed by atoms with Crippen molar-refractivity contribution in [2.75, 3.05) is 30.3 Å². The molecule has 2 rings (SSSR count). The lowest BCUT2D eigenvalue weighted by atomic mass is 10.2. The minimum atomic E-state index is -0.145. The number of nitrogens with one attached hydrogen (secondary N) is 1. The van der Waals surface area contributed by atoms with E-state index in [1.54, 1.807) is 0 Å². The summed E-state index contributed by atoms with van der Waals surface area (Å²) in [6.45, 7) is 3.44. The van der Waals surface area contributed by atoms with E-state index in [0.29, 0.717) is 12.1 Å². The number of amides is 1. The molecule has 7 heteroatoms. The highest BCUT2D eigenvalue weighted by molar-refractivity contribution is 7.11. The Hall–Kier alpha value is -1.34. The topological polar surface area (TPSA) is 91.5 Å². The van der Waals surface area contributed by atoms with Gasteiger partial charge in [-0.25, -0.2) is 0 Å². The molecule has 1 aromatic heterocycles. The van der Waals surface area contributed by atoms with Crippen LogP contribution in [-0.4, -0.2) is 41.1 Å². The molecule has 0 unspecified atom stereocenters. The maximum absolute atomic E-state index is 12.3. The van der Waals surface area contributed by atoms with Crippen LogP contribution in [-0.2, 0) is 0 Å². The number of hydrogen-bond donors (Lipinski definition) is 3. The Morgan fingerprint density at radius 3 is 2.90 bits per heavy atom. The molecule has 0 saturated heterocycles. The van der Waals surface area contributed by atoms with Crippen LogP contribution in [0.4, 0.5) is 10.8 Å². The summed E-state index contributed by atoms with van der Waals surface area (Å²) in [4.78, 5) is 14.3. The van der Waals surface area contributed by atoms with Gasteiger partial charge in [0.15, 0.2) is 5.82 Å². The fraction of sp³-hybridized carbons (Fsp3) is 0.692. The number of carbonyl (C=O) groups is 1. The lowest BCUT2D eigenvalue weighted by Gasteiger charge is -2.22. The van der Waals surface area contributed by atoms with Gasteiger partial charge in [0.2, 0.25) is 0 Å². The predicted octanol–water partition coefficient (Wildman–Crippen LogP) is 1.22. The monoisotopic (exact) mass is 298 g/mol. The molecule has 4 N–H and O–H groups in total. The van der Waals surface area contributed by atoms with E-state index in [1.165, 1.54) is 11.5 Å². The largest absolute Gasteiger partial charge is 0.395 e. The van der Waals surface area contributed by atoms with Gasteiger partial charge in [-0.3, -0.25) is 4.79 Å². The molecule has 0 aliphatic heterocycles. The van der Waals surface area contributed by atoms with E-state index >= 15 is 0 Å². The molecule has 1 aromatic rings. The van der Waals surface area contributed by atoms with Crippen molar-refractivity contribution in [3.05, 3.63) is 5.56 Å². The van der Waals surface area contributed by atoms with E-state index in [0.717, 1.165) is 37.2 Å². The molecule has 1 saturated carbocycles. The first-order valence-corrected chi connectivity index (χ1v) is 7.86. The van der Waals surface area contributed by atoms with Crippen LogP contribution in [0.2, 0.25) is 0 Å². The summed E-state index contributed by atoms with van der Waals surface area (Å²) in [5, 5.41) is 12.9. The van der Waals surface area contributed by atoms with Crippen LogP contribution in [0, 0.1) is 0 Å². The lowest BCUT2D eigenvalue weighted by molar-refractivity contribution is 0.0952. The third-order valence-electron chi connectivity index (χ3n) is 3.28. The summed E-state index contributed by atoms with van der Waals surface area (Å²) in [6, 6.07) is 0.289. The minimum Gasteiger partial charge on any atom is -0.395 e. The van der Waals surface area contributed by atoms with Gasteiger partial charge in [0, 0.05) is 19.1 Å². The van der Waals surface area contributed by atoms with Crippen LogP contribution in [0.1, 0.15) is 43.0 Å². The number of nitrogens with two attached hydrogens (primary N) is 1. The van der Waals surface area contributed by atoms with Gasteiger partial charge in [0.1, 0.15) is 10.6 Å². The van der Waals surface area contributed by atoms with Crippen LogP contribution < -0.4 is 16.0 Å². The van der Waals surface area contributed by atoms with Crippen molar-refractivity contribution in [3.63, 3.8) is 0 Å². The minimum absolute atomic E-state index is 0.0468. The zero-order chi connectivity index (χ0) is 14.5. The normalized spacial score (nSPS) is 14.3. The number of anilines is 2. The number of hydrogen-bond acceptors (Lipinski definition) is 6. The third-order valence-corrected chi connectivity index (χ3v) is 4.20. The lowest BCUT2D eigenvalue weighted by Crippen LogP contribution is -2.31. The summed E-state index contributed by atoms with van der Waals surface area (Å²) in [5.74, 6) is 0.135. The summed E-state index contributed by atoms with van der Waals surface area (Å²) < 4.78 is 4.11. The standard InChI is InChI=1S/C13H22N4O2S/c1-2-3-6-17(7-8-18)13-10(11(14)16-20-13)12(19)15-9-4-5-9/h9,18H,2-8H2,1H3,(H2,14,16)(H,15,19). The van der Waals surface area contributed by atoms with Crippen molar-refractivity contribution >= 4 is 28.3 Å². The first kappa shape index (κ1) is 15.1. The first-order valence-electron chi connectivity index (χ1n) is 7.09. The maximum Gasteiger partial charge on any atom is 0.258 e. The number of aromatic nitrogens is 1. The highest BCUT2D eigenvalue weighted by Crippen LogP contribution is 2.31. The van der Waals surface area contributed by atoms with Gasteiger partial charge in [0.05, 0.1) is 6.61 Å². The summed E-state index contributed by atoms with van der Waals surface area (Å²) >= 11 is 1.23. The van der Waals surface area contributed by atoms with Gasteiger partial charge < -0.3 is 21.1 Å². The highest BCUT2D eigenvalue weighted by Gasteiger charge is 2.28. The van der Waals surface area contributed by atoms with E-state index in [1.807, 2.05) is 4.90 Å². The number of nitrogen functional groups attached to an aromatic ring is 1. The second-order valence-corrected chi connectivity index (χ2v) is 5.81. The number of carbonyl (C=O) groups excluding carboxylic acids is 1. The second kappa shape index (κ2) is 6.90. The van der Waals surface area contributed by atoms with Crippen molar-refractivity contribution < 1.29 is 9.90 Å². The molecule has 6 nitrogen and oxygen atoms in total. The molecule has 0 spiro atoms. The van der Waals surface area contributed by atoms with Gasteiger partial charge in [-0.15, -0.1) is 0 Å². The average Bonchev–Trinajstić information content (AvgIpc) is 3.15. The Labute approximate surface area is 123 Å². The summed E-state index contributed by atoms with van der Waals surface area (Å²) in [7, 11) is 0. The molecule has 0 atom stereocenters. The van der Waals surface area contributed by atoms with E-state index in [9.17, 15) is 9.90 Å². The van der Waals surface area contributed by atoms with Gasteiger partial charge >= 0.3 is 0 Å². The second-order valence-electron chi connectivity index (χ2n) is 5.06. The first-order chi connectivity index (χ1) is 9.67. The smallest absolute Gasteiger partial charge is 0.258 e. The fourth-order valence-corrected chi connectivity index (χ4v) is 2.86. The number of unbranched alkanes of at least 4 members (excludes halogenated alkanes) is 1. The van der Waals surface area contributed by atoms with Crippen molar-refractivity contribution in [1.29, 1.82) is 0 Å². The van der Waals surface area contributed by atoms with E-state index < -0.39 is 0 Å².